The minimum atomic E-state index is 0.111. The van der Waals surface area contributed by atoms with Crippen molar-refractivity contribution >= 4 is 28.5 Å². The maximum atomic E-state index is 5.54. The molecular weight excluding hydrogens is 202 g/mol. The standard InChI is InChI=1S/C9H13NOS2/c1-7(5-9(10)12)11-6-8-3-2-4-13-8/h2-4,7H,5-6H2,1H3,(H2,10,12). The maximum Gasteiger partial charge on any atom is 0.0813 e. The SMILES string of the molecule is CC(CC(N)=S)OCc1cccs1. The molecule has 0 saturated carbocycles. The lowest BCUT2D eigenvalue weighted by Gasteiger charge is -2.10. The van der Waals surface area contributed by atoms with E-state index in [9.17, 15) is 0 Å². The van der Waals surface area contributed by atoms with E-state index in [4.69, 9.17) is 22.7 Å². The maximum absolute atomic E-state index is 5.54. The quantitative estimate of drug-likeness (QED) is 0.766. The lowest BCUT2D eigenvalue weighted by Crippen LogP contribution is -2.18. The lowest BCUT2D eigenvalue weighted by molar-refractivity contribution is 0.0599. The molecule has 0 aliphatic rings. The van der Waals surface area contributed by atoms with Gasteiger partial charge in [0.05, 0.1) is 17.7 Å². The van der Waals surface area contributed by atoms with Gasteiger partial charge in [-0.15, -0.1) is 11.3 Å². The van der Waals surface area contributed by atoms with E-state index < -0.39 is 0 Å². The van der Waals surface area contributed by atoms with Crippen LogP contribution in [0.2, 0.25) is 0 Å². The predicted molar refractivity (Wildman–Crippen MR) is 60.0 cm³/mol. The molecule has 1 aromatic rings. The Morgan fingerprint density at radius 3 is 3.08 bits per heavy atom. The van der Waals surface area contributed by atoms with Gasteiger partial charge in [-0.2, -0.15) is 0 Å². The molecule has 1 aromatic heterocycles. The normalized spacial score (nSPS) is 12.7. The highest BCUT2D eigenvalue weighted by atomic mass is 32.1. The Balaban J connectivity index is 2.22. The average molecular weight is 215 g/mol. The van der Waals surface area contributed by atoms with Gasteiger partial charge in [0.2, 0.25) is 0 Å². The summed E-state index contributed by atoms with van der Waals surface area (Å²) in [5.74, 6) is 0. The van der Waals surface area contributed by atoms with Crippen molar-refractivity contribution in [2.75, 3.05) is 0 Å². The second-order valence-corrected chi connectivity index (χ2v) is 4.43. The summed E-state index contributed by atoms with van der Waals surface area (Å²) in [5, 5.41) is 2.04. The summed E-state index contributed by atoms with van der Waals surface area (Å²) < 4.78 is 5.54. The van der Waals surface area contributed by atoms with Gasteiger partial charge in [0.25, 0.3) is 0 Å². The van der Waals surface area contributed by atoms with Gasteiger partial charge in [0.1, 0.15) is 0 Å². The molecule has 0 radical (unpaired) electrons. The van der Waals surface area contributed by atoms with Crippen molar-refractivity contribution in [2.24, 2.45) is 5.73 Å². The first-order valence-corrected chi connectivity index (χ1v) is 5.39. The van der Waals surface area contributed by atoms with Gasteiger partial charge in [0.15, 0.2) is 0 Å². The molecule has 4 heteroatoms. The number of hydrogen-bond acceptors (Lipinski definition) is 3. The van der Waals surface area contributed by atoms with Crippen molar-refractivity contribution in [3.8, 4) is 0 Å². The highest BCUT2D eigenvalue weighted by molar-refractivity contribution is 7.80. The van der Waals surface area contributed by atoms with Crippen LogP contribution in [0.5, 0.6) is 0 Å². The monoisotopic (exact) mass is 215 g/mol. The van der Waals surface area contributed by atoms with Crippen LogP contribution in [0.25, 0.3) is 0 Å². The molecule has 13 heavy (non-hydrogen) atoms. The molecule has 1 unspecified atom stereocenters. The molecule has 0 aromatic carbocycles. The smallest absolute Gasteiger partial charge is 0.0813 e. The number of ether oxygens (including phenoxy) is 1. The van der Waals surface area contributed by atoms with Gasteiger partial charge in [-0.1, -0.05) is 18.3 Å². The van der Waals surface area contributed by atoms with Crippen molar-refractivity contribution in [3.05, 3.63) is 22.4 Å². The first-order valence-electron chi connectivity index (χ1n) is 4.11. The van der Waals surface area contributed by atoms with Crippen molar-refractivity contribution in [3.63, 3.8) is 0 Å². The van der Waals surface area contributed by atoms with Gasteiger partial charge in [0, 0.05) is 11.3 Å². The van der Waals surface area contributed by atoms with Crippen molar-refractivity contribution in [2.45, 2.75) is 26.1 Å². The van der Waals surface area contributed by atoms with Crippen LogP contribution in [0.3, 0.4) is 0 Å². The molecule has 1 rings (SSSR count). The van der Waals surface area contributed by atoms with Crippen molar-refractivity contribution in [1.82, 2.24) is 0 Å². The third-order valence-electron chi connectivity index (χ3n) is 1.58. The second kappa shape index (κ2) is 5.32. The molecule has 2 nitrogen and oxygen atoms in total. The van der Waals surface area contributed by atoms with Crippen molar-refractivity contribution < 1.29 is 4.74 Å². The summed E-state index contributed by atoms with van der Waals surface area (Å²) in [6.07, 6.45) is 0.764. The van der Waals surface area contributed by atoms with Gasteiger partial charge in [-0.05, 0) is 18.4 Å². The van der Waals surface area contributed by atoms with E-state index >= 15 is 0 Å². The summed E-state index contributed by atoms with van der Waals surface area (Å²) >= 11 is 6.48. The summed E-state index contributed by atoms with van der Waals surface area (Å²) in [6, 6.07) is 4.07. The zero-order valence-corrected chi connectivity index (χ0v) is 9.16. The highest BCUT2D eigenvalue weighted by Gasteiger charge is 2.04. The molecule has 1 atom stereocenters. The number of hydrogen-bond donors (Lipinski definition) is 1. The molecule has 0 fully saturated rings. The fourth-order valence-corrected chi connectivity index (χ4v) is 1.82. The summed E-state index contributed by atoms with van der Waals surface area (Å²) in [5.41, 5.74) is 5.40. The van der Waals surface area contributed by atoms with E-state index in [-0.39, 0.29) is 6.10 Å². The summed E-state index contributed by atoms with van der Waals surface area (Å²) in [4.78, 5) is 1.74. The summed E-state index contributed by atoms with van der Waals surface area (Å²) in [6.45, 7) is 2.63. The van der Waals surface area contributed by atoms with Gasteiger partial charge < -0.3 is 10.5 Å². The Kier molecular flexibility index (Phi) is 4.35. The Bertz CT molecular complexity index is 259. The topological polar surface area (TPSA) is 35.2 Å². The number of thiophene rings is 1. The van der Waals surface area contributed by atoms with E-state index in [0.717, 1.165) is 0 Å². The van der Waals surface area contributed by atoms with E-state index in [2.05, 4.69) is 6.07 Å². The van der Waals surface area contributed by atoms with Crippen LogP contribution in [-0.2, 0) is 11.3 Å². The minimum Gasteiger partial charge on any atom is -0.393 e. The predicted octanol–water partition coefficient (Wildman–Crippen LogP) is 2.33. The van der Waals surface area contributed by atoms with Crippen LogP contribution in [0, 0.1) is 0 Å². The Labute approximate surface area is 87.7 Å². The zero-order chi connectivity index (χ0) is 9.68. The molecule has 0 spiro atoms. The second-order valence-electron chi connectivity index (χ2n) is 2.87. The van der Waals surface area contributed by atoms with E-state index in [1.54, 1.807) is 11.3 Å². The Hall–Kier alpha value is -0.450. The fourth-order valence-electron chi connectivity index (χ4n) is 0.961. The van der Waals surface area contributed by atoms with Crippen LogP contribution < -0.4 is 5.73 Å². The van der Waals surface area contributed by atoms with Crippen LogP contribution in [0.4, 0.5) is 0 Å². The zero-order valence-electron chi connectivity index (χ0n) is 7.53. The first kappa shape index (κ1) is 10.6. The largest absolute Gasteiger partial charge is 0.393 e. The molecule has 2 N–H and O–H groups in total. The van der Waals surface area contributed by atoms with Gasteiger partial charge >= 0.3 is 0 Å². The lowest BCUT2D eigenvalue weighted by atomic mass is 10.3. The van der Waals surface area contributed by atoms with Crippen LogP contribution in [-0.4, -0.2) is 11.1 Å². The van der Waals surface area contributed by atoms with E-state index in [1.165, 1.54) is 4.88 Å². The van der Waals surface area contributed by atoms with Crippen LogP contribution in [0.1, 0.15) is 18.2 Å². The molecular formula is C9H13NOS2. The third-order valence-corrected chi connectivity index (χ3v) is 2.60. The molecule has 0 aliphatic carbocycles. The van der Waals surface area contributed by atoms with Crippen LogP contribution in [0.15, 0.2) is 17.5 Å². The summed E-state index contributed by atoms with van der Waals surface area (Å²) in [7, 11) is 0. The van der Waals surface area contributed by atoms with Gasteiger partial charge in [-0.25, -0.2) is 0 Å². The first-order chi connectivity index (χ1) is 6.18. The molecule has 1 heterocycles. The van der Waals surface area contributed by atoms with Crippen LogP contribution >= 0.6 is 23.6 Å². The minimum absolute atomic E-state index is 0.111. The van der Waals surface area contributed by atoms with Crippen molar-refractivity contribution in [1.29, 1.82) is 0 Å². The third kappa shape index (κ3) is 4.36. The van der Waals surface area contributed by atoms with E-state index in [0.29, 0.717) is 18.0 Å². The van der Waals surface area contributed by atoms with Gasteiger partial charge in [-0.3, -0.25) is 0 Å². The average Bonchev–Trinajstić information content (AvgIpc) is 2.51. The number of nitrogens with two attached hydrogens (primary N) is 1. The molecule has 72 valence electrons. The fraction of sp³-hybridized carbons (Fsp3) is 0.444. The Morgan fingerprint density at radius 2 is 2.54 bits per heavy atom. The number of rotatable bonds is 5. The molecule has 0 amide bonds. The number of thiocarbonyl (C=S) groups is 1. The van der Waals surface area contributed by atoms with E-state index in [1.807, 2.05) is 18.4 Å². The highest BCUT2D eigenvalue weighted by Crippen LogP contribution is 2.11. The molecule has 0 saturated heterocycles. The molecule has 0 bridgehead atoms. The Morgan fingerprint density at radius 1 is 1.77 bits per heavy atom. The molecule has 0 aliphatic heterocycles.